The Labute approximate surface area is 161 Å². The summed E-state index contributed by atoms with van der Waals surface area (Å²) in [6, 6.07) is 7.00. The van der Waals surface area contributed by atoms with Crippen LogP contribution in [0.1, 0.15) is 12.5 Å². The van der Waals surface area contributed by atoms with Gasteiger partial charge in [-0.1, -0.05) is 18.7 Å². The zero-order chi connectivity index (χ0) is 19.9. The molecule has 1 saturated heterocycles. The van der Waals surface area contributed by atoms with Crippen LogP contribution < -0.4 is 5.32 Å². The lowest BCUT2D eigenvalue weighted by Gasteiger charge is -2.30. The Balaban J connectivity index is 1.99. The van der Waals surface area contributed by atoms with Crippen molar-refractivity contribution in [1.82, 2.24) is 10.2 Å². The number of rotatable bonds is 8. The van der Waals surface area contributed by atoms with Crippen molar-refractivity contribution in [2.75, 3.05) is 45.6 Å². The van der Waals surface area contributed by atoms with Crippen LogP contribution in [0, 0.1) is 0 Å². The molecule has 8 heteroatoms. The molecule has 0 spiro atoms. The third-order valence-corrected chi connectivity index (χ3v) is 6.02. The van der Waals surface area contributed by atoms with Gasteiger partial charge in [0.1, 0.15) is 5.72 Å². The van der Waals surface area contributed by atoms with Crippen molar-refractivity contribution in [2.24, 2.45) is 4.36 Å². The van der Waals surface area contributed by atoms with Gasteiger partial charge in [-0.05, 0) is 30.7 Å². The number of amides is 1. The Morgan fingerprint density at radius 3 is 2.85 bits per heavy atom. The van der Waals surface area contributed by atoms with E-state index >= 15 is 0 Å². The molecule has 1 heterocycles. The number of hydrogen-bond donors (Lipinski definition) is 2. The van der Waals surface area contributed by atoms with Crippen LogP contribution in [0.2, 0.25) is 0 Å². The minimum absolute atomic E-state index is 0.342. The molecule has 0 aromatic heterocycles. The van der Waals surface area contributed by atoms with E-state index in [4.69, 9.17) is 4.74 Å². The number of morpholine rings is 1. The van der Waals surface area contributed by atoms with Crippen molar-refractivity contribution in [3.8, 4) is 0 Å². The number of ether oxygens (including phenoxy) is 1. The Bertz CT molecular complexity index is 779. The molecule has 2 unspecified atom stereocenters. The summed E-state index contributed by atoms with van der Waals surface area (Å²) in [4.78, 5) is 14.2. The first-order chi connectivity index (χ1) is 12.7. The quantitative estimate of drug-likeness (QED) is 0.505. The van der Waals surface area contributed by atoms with Crippen LogP contribution in [0.15, 0.2) is 46.2 Å². The molecule has 1 fully saturated rings. The van der Waals surface area contributed by atoms with Gasteiger partial charge in [-0.15, -0.1) is 0 Å². The van der Waals surface area contributed by atoms with Crippen LogP contribution in [0.5, 0.6) is 0 Å². The van der Waals surface area contributed by atoms with Gasteiger partial charge in [-0.3, -0.25) is 15.0 Å². The van der Waals surface area contributed by atoms with Crippen LogP contribution >= 0.6 is 0 Å². The maximum absolute atomic E-state index is 12.7. The third-order valence-electron chi connectivity index (χ3n) is 4.36. The molecule has 2 atom stereocenters. The smallest absolute Gasteiger partial charge is 0.277 e. The second-order valence-corrected chi connectivity index (χ2v) is 9.17. The Hall–Kier alpha value is -1.58. The fourth-order valence-corrected chi connectivity index (χ4v) is 4.15. The van der Waals surface area contributed by atoms with Crippen LogP contribution in [-0.4, -0.2) is 71.5 Å². The minimum atomic E-state index is -2.85. The van der Waals surface area contributed by atoms with Gasteiger partial charge in [0.2, 0.25) is 0 Å². The lowest BCUT2D eigenvalue weighted by Crippen LogP contribution is -2.48. The van der Waals surface area contributed by atoms with Gasteiger partial charge in [0, 0.05) is 43.8 Å². The molecule has 0 bridgehead atoms. The second-order valence-electron chi connectivity index (χ2n) is 6.91. The van der Waals surface area contributed by atoms with Gasteiger partial charge in [0.15, 0.2) is 0 Å². The Kier molecular flexibility index (Phi) is 7.69. The second kappa shape index (κ2) is 9.57. The first kappa shape index (κ1) is 21.7. The maximum Gasteiger partial charge on any atom is 0.277 e. The third kappa shape index (κ3) is 7.15. The number of benzene rings is 1. The van der Waals surface area contributed by atoms with E-state index in [9.17, 15) is 14.1 Å². The fourth-order valence-electron chi connectivity index (χ4n) is 2.92. The number of hydrogen-bond acceptors (Lipinski definition) is 6. The molecule has 1 aromatic rings. The molecule has 1 aliphatic rings. The summed E-state index contributed by atoms with van der Waals surface area (Å²) in [5.41, 5.74) is -0.291. The van der Waals surface area contributed by atoms with Crippen LogP contribution in [0.4, 0.5) is 0 Å². The van der Waals surface area contributed by atoms with Crippen LogP contribution in [0.3, 0.4) is 0 Å². The molecular weight excluding hydrogens is 366 g/mol. The van der Waals surface area contributed by atoms with E-state index in [1.54, 1.807) is 25.1 Å². The van der Waals surface area contributed by atoms with Crippen molar-refractivity contribution in [2.45, 2.75) is 24.0 Å². The molecule has 1 aliphatic heterocycles. The van der Waals surface area contributed by atoms with Gasteiger partial charge in [0.25, 0.3) is 5.91 Å². The zero-order valence-corrected chi connectivity index (χ0v) is 16.8. The molecule has 1 aromatic carbocycles. The van der Waals surface area contributed by atoms with Gasteiger partial charge in [0.05, 0.1) is 22.9 Å². The molecule has 2 N–H and O–H groups in total. The maximum atomic E-state index is 12.7. The van der Waals surface area contributed by atoms with Crippen LogP contribution in [-0.2, 0) is 25.7 Å². The highest BCUT2D eigenvalue weighted by atomic mass is 32.2. The number of aliphatic hydroxyl groups is 1. The number of carbonyl (C=O) groups excluding carboxylic acids is 1. The topological polar surface area (TPSA) is 91.2 Å². The standard InChI is InChI=1S/C19H29N3O4S/c1-4-18(23)21-27(3,25)17-7-5-6-16(14-17)15-19(2,24)20-8-9-22-10-12-26-13-11-22/h4-7,14,20,24H,1,8-13,15H2,2-3H3. The van der Waals surface area contributed by atoms with Crippen molar-refractivity contribution >= 4 is 15.6 Å². The highest BCUT2D eigenvalue weighted by Crippen LogP contribution is 2.17. The summed E-state index contributed by atoms with van der Waals surface area (Å²) in [6.45, 7) is 9.86. The summed E-state index contributed by atoms with van der Waals surface area (Å²) < 4.78 is 21.7. The van der Waals surface area contributed by atoms with E-state index in [0.717, 1.165) is 44.5 Å². The summed E-state index contributed by atoms with van der Waals surface area (Å²) in [5.74, 6) is -0.607. The Morgan fingerprint density at radius 1 is 1.48 bits per heavy atom. The monoisotopic (exact) mass is 395 g/mol. The van der Waals surface area contributed by atoms with Crippen molar-refractivity contribution in [1.29, 1.82) is 0 Å². The molecule has 27 heavy (non-hydrogen) atoms. The highest BCUT2D eigenvalue weighted by molar-refractivity contribution is 7.93. The first-order valence-corrected chi connectivity index (χ1v) is 10.9. The lowest BCUT2D eigenvalue weighted by atomic mass is 10.0. The molecule has 0 aliphatic carbocycles. The van der Waals surface area contributed by atoms with Crippen molar-refractivity contribution in [3.05, 3.63) is 42.5 Å². The predicted octanol–water partition coefficient (Wildman–Crippen LogP) is 1.03. The molecule has 0 saturated carbocycles. The molecule has 1 amide bonds. The molecule has 0 radical (unpaired) electrons. The van der Waals surface area contributed by atoms with E-state index in [1.807, 2.05) is 6.07 Å². The highest BCUT2D eigenvalue weighted by Gasteiger charge is 2.21. The lowest BCUT2D eigenvalue weighted by molar-refractivity contribution is -0.113. The summed E-state index contributed by atoms with van der Waals surface area (Å²) in [6.07, 6.45) is 2.80. The SMILES string of the molecule is C=CC(=O)N=S(C)(=O)c1cccc(CC(C)(O)NCCN2CCOCC2)c1. The van der Waals surface area contributed by atoms with Crippen LogP contribution in [0.25, 0.3) is 0 Å². The molecular formula is C19H29N3O4S. The van der Waals surface area contributed by atoms with Gasteiger partial charge in [-0.25, -0.2) is 4.21 Å². The van der Waals surface area contributed by atoms with Gasteiger partial charge >= 0.3 is 0 Å². The minimum Gasteiger partial charge on any atom is -0.379 e. The fraction of sp³-hybridized carbons (Fsp3) is 0.526. The summed E-state index contributed by atoms with van der Waals surface area (Å²) in [7, 11) is -2.85. The van der Waals surface area contributed by atoms with E-state index in [0.29, 0.717) is 17.9 Å². The zero-order valence-electron chi connectivity index (χ0n) is 16.0. The Morgan fingerprint density at radius 2 is 2.19 bits per heavy atom. The molecule has 2 rings (SSSR count). The number of nitrogens with zero attached hydrogens (tertiary/aromatic N) is 2. The van der Waals surface area contributed by atoms with Crippen molar-refractivity contribution < 1.29 is 18.8 Å². The van der Waals surface area contributed by atoms with E-state index in [2.05, 4.69) is 21.2 Å². The number of nitrogens with one attached hydrogen (secondary N) is 1. The van der Waals surface area contributed by atoms with Crippen molar-refractivity contribution in [3.63, 3.8) is 0 Å². The first-order valence-electron chi connectivity index (χ1n) is 8.97. The average molecular weight is 396 g/mol. The van der Waals surface area contributed by atoms with Gasteiger partial charge in [-0.2, -0.15) is 4.36 Å². The van der Waals surface area contributed by atoms with Gasteiger partial charge < -0.3 is 9.84 Å². The largest absolute Gasteiger partial charge is 0.379 e. The van der Waals surface area contributed by atoms with E-state index in [1.165, 1.54) is 6.26 Å². The molecule has 150 valence electrons. The average Bonchev–Trinajstić information content (AvgIpc) is 2.62. The predicted molar refractivity (Wildman–Crippen MR) is 106 cm³/mol. The summed E-state index contributed by atoms with van der Waals surface area (Å²) in [5, 5.41) is 13.8. The number of carbonyl (C=O) groups is 1. The molecule has 7 nitrogen and oxygen atoms in total. The van der Waals surface area contributed by atoms with E-state index < -0.39 is 21.4 Å². The van der Waals surface area contributed by atoms with E-state index in [-0.39, 0.29) is 0 Å². The summed E-state index contributed by atoms with van der Waals surface area (Å²) >= 11 is 0. The normalized spacial score (nSPS) is 19.7.